The van der Waals surface area contributed by atoms with Crippen LogP contribution >= 0.6 is 11.3 Å². The summed E-state index contributed by atoms with van der Waals surface area (Å²) in [6, 6.07) is 8.64. The van der Waals surface area contributed by atoms with Gasteiger partial charge in [0.2, 0.25) is 0 Å². The molecule has 2 heterocycles. The zero-order valence-electron chi connectivity index (χ0n) is 11.9. The second-order valence-electron chi connectivity index (χ2n) is 5.23. The summed E-state index contributed by atoms with van der Waals surface area (Å²) in [5, 5.41) is 2.20. The van der Waals surface area contributed by atoms with Crippen molar-refractivity contribution in [3.63, 3.8) is 0 Å². The number of fused-ring (bicyclic) bond motifs is 3. The molecule has 1 aromatic carbocycles. The van der Waals surface area contributed by atoms with Gasteiger partial charge in [-0.25, -0.2) is 0 Å². The van der Waals surface area contributed by atoms with Crippen molar-refractivity contribution in [2.45, 2.75) is 25.8 Å². The fourth-order valence-electron chi connectivity index (χ4n) is 2.92. The van der Waals surface area contributed by atoms with Crippen LogP contribution in [0.5, 0.6) is 5.75 Å². The van der Waals surface area contributed by atoms with Gasteiger partial charge in [0, 0.05) is 29.2 Å². The van der Waals surface area contributed by atoms with Gasteiger partial charge >= 0.3 is 0 Å². The lowest BCUT2D eigenvalue weighted by molar-refractivity contribution is 0.412. The molecule has 0 amide bonds. The van der Waals surface area contributed by atoms with Gasteiger partial charge in [-0.2, -0.15) is 0 Å². The van der Waals surface area contributed by atoms with E-state index >= 15 is 0 Å². The third-order valence-electron chi connectivity index (χ3n) is 4.49. The predicted octanol–water partition coefficient (Wildman–Crippen LogP) is 4.50. The number of ether oxygens (including phenoxy) is 1. The Morgan fingerprint density at radius 2 is 2.11 bits per heavy atom. The first-order valence-electron chi connectivity index (χ1n) is 6.62. The minimum Gasteiger partial charge on any atom is -0.497 e. The summed E-state index contributed by atoms with van der Waals surface area (Å²) in [5.41, 5.74) is 4.09. The molecule has 0 saturated carbocycles. The van der Waals surface area contributed by atoms with Crippen LogP contribution in [-0.2, 0) is 5.54 Å². The summed E-state index contributed by atoms with van der Waals surface area (Å²) in [7, 11) is 3.91. The van der Waals surface area contributed by atoms with Gasteiger partial charge in [-0.1, -0.05) is 6.92 Å². The Morgan fingerprint density at radius 1 is 1.32 bits per heavy atom. The largest absolute Gasteiger partial charge is 0.497 e. The zero-order chi connectivity index (χ0) is 13.6. The van der Waals surface area contributed by atoms with E-state index in [9.17, 15) is 0 Å². The SMILES string of the molecule is CCC1(C)c2ccsc2-c2ccc(OC)cc2N1C. The third-order valence-corrected chi connectivity index (χ3v) is 5.43. The molecule has 1 aliphatic rings. The topological polar surface area (TPSA) is 12.5 Å². The van der Waals surface area contributed by atoms with Crippen LogP contribution in [0.1, 0.15) is 25.8 Å². The molecule has 1 unspecified atom stereocenters. The summed E-state index contributed by atoms with van der Waals surface area (Å²) < 4.78 is 5.38. The summed E-state index contributed by atoms with van der Waals surface area (Å²) in [4.78, 5) is 3.79. The maximum atomic E-state index is 5.38. The van der Waals surface area contributed by atoms with Crippen LogP contribution in [0.25, 0.3) is 10.4 Å². The predicted molar refractivity (Wildman–Crippen MR) is 82.4 cm³/mol. The second-order valence-corrected chi connectivity index (χ2v) is 6.15. The third kappa shape index (κ3) is 1.61. The van der Waals surface area contributed by atoms with Gasteiger partial charge in [0.15, 0.2) is 0 Å². The first-order chi connectivity index (χ1) is 9.11. The molecule has 0 saturated heterocycles. The van der Waals surface area contributed by atoms with Gasteiger partial charge in [-0.15, -0.1) is 11.3 Å². The number of benzene rings is 1. The molecule has 0 radical (unpaired) electrons. The summed E-state index contributed by atoms with van der Waals surface area (Å²) in [5.74, 6) is 0.920. The van der Waals surface area contributed by atoms with E-state index in [1.807, 2.05) is 17.4 Å². The van der Waals surface area contributed by atoms with Crippen LogP contribution in [0.15, 0.2) is 29.6 Å². The number of hydrogen-bond donors (Lipinski definition) is 0. The number of anilines is 1. The number of rotatable bonds is 2. The first kappa shape index (κ1) is 12.5. The summed E-state index contributed by atoms with van der Waals surface area (Å²) in [6.45, 7) is 4.57. The number of methoxy groups -OCH3 is 1. The lowest BCUT2D eigenvalue weighted by Crippen LogP contribution is -2.43. The Kier molecular flexibility index (Phi) is 2.82. The highest BCUT2D eigenvalue weighted by atomic mass is 32.1. The highest BCUT2D eigenvalue weighted by Gasteiger charge is 2.38. The van der Waals surface area contributed by atoms with Crippen LogP contribution in [0.2, 0.25) is 0 Å². The lowest BCUT2D eigenvalue weighted by Gasteiger charge is -2.44. The summed E-state index contributed by atoms with van der Waals surface area (Å²) in [6.07, 6.45) is 1.09. The molecule has 0 fully saturated rings. The van der Waals surface area contributed by atoms with Gasteiger partial charge in [0.05, 0.1) is 12.6 Å². The van der Waals surface area contributed by atoms with E-state index in [-0.39, 0.29) is 5.54 Å². The average Bonchev–Trinajstić information content (AvgIpc) is 2.94. The molecule has 1 aromatic heterocycles. The van der Waals surface area contributed by atoms with E-state index in [1.165, 1.54) is 21.7 Å². The maximum absolute atomic E-state index is 5.38. The van der Waals surface area contributed by atoms with Crippen molar-refractivity contribution in [2.24, 2.45) is 0 Å². The van der Waals surface area contributed by atoms with Crippen molar-refractivity contribution in [1.82, 2.24) is 0 Å². The van der Waals surface area contributed by atoms with E-state index < -0.39 is 0 Å². The maximum Gasteiger partial charge on any atom is 0.120 e. The molecule has 3 heteroatoms. The molecule has 19 heavy (non-hydrogen) atoms. The molecule has 1 atom stereocenters. The van der Waals surface area contributed by atoms with Crippen molar-refractivity contribution in [3.05, 3.63) is 35.2 Å². The molecular formula is C16H19NOS. The molecule has 0 aliphatic carbocycles. The minimum absolute atomic E-state index is 0.0642. The van der Waals surface area contributed by atoms with Gasteiger partial charge < -0.3 is 9.64 Å². The van der Waals surface area contributed by atoms with Crippen LogP contribution < -0.4 is 9.64 Å². The second kappa shape index (κ2) is 4.27. The Labute approximate surface area is 118 Å². The summed E-state index contributed by atoms with van der Waals surface area (Å²) >= 11 is 1.83. The van der Waals surface area contributed by atoms with Crippen molar-refractivity contribution >= 4 is 17.0 Å². The van der Waals surface area contributed by atoms with E-state index in [0.29, 0.717) is 0 Å². The van der Waals surface area contributed by atoms with Crippen molar-refractivity contribution in [1.29, 1.82) is 0 Å². The van der Waals surface area contributed by atoms with E-state index in [0.717, 1.165) is 12.2 Å². The molecule has 0 N–H and O–H groups in total. The van der Waals surface area contributed by atoms with Crippen molar-refractivity contribution < 1.29 is 4.74 Å². The van der Waals surface area contributed by atoms with Crippen molar-refractivity contribution in [3.8, 4) is 16.2 Å². The molecule has 100 valence electrons. The Balaban J connectivity index is 2.28. The standard InChI is InChI=1S/C16H19NOS/c1-5-16(2)13-8-9-19-15(13)12-7-6-11(18-4)10-14(12)17(16)3/h6-10H,5H2,1-4H3. The van der Waals surface area contributed by atoms with Gasteiger partial charge in [-0.3, -0.25) is 0 Å². The number of nitrogens with zero attached hydrogens (tertiary/aromatic N) is 1. The smallest absolute Gasteiger partial charge is 0.120 e. The molecule has 3 rings (SSSR count). The molecule has 2 nitrogen and oxygen atoms in total. The molecule has 0 bridgehead atoms. The van der Waals surface area contributed by atoms with Crippen molar-refractivity contribution in [2.75, 3.05) is 19.1 Å². The Hall–Kier alpha value is -1.48. The fourth-order valence-corrected chi connectivity index (χ4v) is 3.98. The van der Waals surface area contributed by atoms with Gasteiger partial charge in [0.1, 0.15) is 5.75 Å². The van der Waals surface area contributed by atoms with Gasteiger partial charge in [-0.05, 0) is 42.5 Å². The minimum atomic E-state index is 0.0642. The molecule has 1 aliphatic heterocycles. The fraction of sp³-hybridized carbons (Fsp3) is 0.375. The normalized spacial score (nSPS) is 20.9. The number of thiophene rings is 1. The van der Waals surface area contributed by atoms with E-state index in [4.69, 9.17) is 4.74 Å². The Bertz CT molecular complexity index is 619. The quantitative estimate of drug-likeness (QED) is 0.799. The first-order valence-corrected chi connectivity index (χ1v) is 7.50. The lowest BCUT2D eigenvalue weighted by atomic mass is 9.82. The van der Waals surface area contributed by atoms with Gasteiger partial charge in [0.25, 0.3) is 0 Å². The zero-order valence-corrected chi connectivity index (χ0v) is 12.7. The highest BCUT2D eigenvalue weighted by Crippen LogP contribution is 2.51. The molecule has 0 spiro atoms. The highest BCUT2D eigenvalue weighted by molar-refractivity contribution is 7.13. The monoisotopic (exact) mass is 273 g/mol. The Morgan fingerprint density at radius 3 is 2.79 bits per heavy atom. The molecular weight excluding hydrogens is 254 g/mol. The van der Waals surface area contributed by atoms with E-state index in [2.05, 4.69) is 49.4 Å². The van der Waals surface area contributed by atoms with Crippen LogP contribution in [0.4, 0.5) is 5.69 Å². The van der Waals surface area contributed by atoms with Crippen LogP contribution in [-0.4, -0.2) is 14.2 Å². The van der Waals surface area contributed by atoms with Crippen LogP contribution in [0.3, 0.4) is 0 Å². The average molecular weight is 273 g/mol. The molecule has 2 aromatic rings. The van der Waals surface area contributed by atoms with Crippen LogP contribution in [0, 0.1) is 0 Å². The number of hydrogen-bond acceptors (Lipinski definition) is 3. The van der Waals surface area contributed by atoms with E-state index in [1.54, 1.807) is 7.11 Å².